The molecule has 0 saturated heterocycles. The van der Waals surface area contributed by atoms with Gasteiger partial charge in [0.1, 0.15) is 5.75 Å². The summed E-state index contributed by atoms with van der Waals surface area (Å²) in [7, 11) is 0. The molecule has 0 saturated carbocycles. The summed E-state index contributed by atoms with van der Waals surface area (Å²) < 4.78 is 40.8. The fraction of sp³-hybridized carbons (Fsp3) is 0.208. The average molecular weight is 469 g/mol. The number of nitrogens with zero attached hydrogens (tertiary/aromatic N) is 3. The molecule has 2 heterocycles. The molecule has 0 fully saturated rings. The van der Waals surface area contributed by atoms with E-state index in [9.17, 15) is 13.2 Å². The SMILES string of the molecule is [C-]#[N+]c1nc(NCCCc2ccc(-c3ccc(OC(F)(F)F)cc3)cc2)c2cc(C)sc2n1. The van der Waals surface area contributed by atoms with Crippen molar-refractivity contribution in [2.24, 2.45) is 0 Å². The van der Waals surface area contributed by atoms with E-state index in [1.165, 1.54) is 12.1 Å². The van der Waals surface area contributed by atoms with E-state index in [2.05, 4.69) is 24.9 Å². The van der Waals surface area contributed by atoms with Gasteiger partial charge in [0.15, 0.2) is 10.6 Å². The van der Waals surface area contributed by atoms with Crippen LogP contribution in [0.5, 0.6) is 5.75 Å². The van der Waals surface area contributed by atoms with Gasteiger partial charge in [-0.25, -0.2) is 0 Å². The molecule has 1 N–H and O–H groups in total. The van der Waals surface area contributed by atoms with Crippen molar-refractivity contribution in [2.75, 3.05) is 11.9 Å². The molecule has 4 aromatic rings. The number of halogens is 3. The molecule has 0 bridgehead atoms. The van der Waals surface area contributed by atoms with Crippen molar-refractivity contribution >= 4 is 33.3 Å². The molecule has 0 unspecified atom stereocenters. The fourth-order valence-corrected chi connectivity index (χ4v) is 4.30. The summed E-state index contributed by atoms with van der Waals surface area (Å²) in [6, 6.07) is 15.8. The minimum atomic E-state index is -4.70. The van der Waals surface area contributed by atoms with E-state index in [-0.39, 0.29) is 11.7 Å². The van der Waals surface area contributed by atoms with Crippen LogP contribution in [0, 0.1) is 13.5 Å². The lowest BCUT2D eigenvalue weighted by atomic mass is 10.0. The zero-order chi connectivity index (χ0) is 23.4. The molecular weight excluding hydrogens is 449 g/mol. The Balaban J connectivity index is 1.33. The molecule has 0 amide bonds. The van der Waals surface area contributed by atoms with Gasteiger partial charge < -0.3 is 14.9 Å². The van der Waals surface area contributed by atoms with Crippen molar-refractivity contribution in [1.82, 2.24) is 9.97 Å². The Morgan fingerprint density at radius 1 is 1.03 bits per heavy atom. The van der Waals surface area contributed by atoms with Crippen LogP contribution in [0.3, 0.4) is 0 Å². The largest absolute Gasteiger partial charge is 0.573 e. The summed E-state index contributed by atoms with van der Waals surface area (Å²) in [6.45, 7) is 9.90. The molecule has 168 valence electrons. The monoisotopic (exact) mass is 468 g/mol. The minimum Gasteiger partial charge on any atom is -0.406 e. The molecule has 0 spiro atoms. The van der Waals surface area contributed by atoms with Crippen LogP contribution in [0.1, 0.15) is 16.9 Å². The van der Waals surface area contributed by atoms with Gasteiger partial charge in [0, 0.05) is 11.4 Å². The van der Waals surface area contributed by atoms with Gasteiger partial charge >= 0.3 is 12.3 Å². The Bertz CT molecular complexity index is 1290. The third kappa shape index (κ3) is 5.79. The predicted octanol–water partition coefficient (Wildman–Crippen LogP) is 7.16. The number of fused-ring (bicyclic) bond motifs is 1. The second-order valence-corrected chi connectivity index (χ2v) is 8.59. The van der Waals surface area contributed by atoms with Gasteiger partial charge in [0.25, 0.3) is 0 Å². The summed E-state index contributed by atoms with van der Waals surface area (Å²) in [5.41, 5.74) is 2.88. The van der Waals surface area contributed by atoms with Crippen LogP contribution in [0.15, 0.2) is 54.6 Å². The van der Waals surface area contributed by atoms with Gasteiger partial charge in [0.05, 0.1) is 5.39 Å². The van der Waals surface area contributed by atoms with E-state index in [0.717, 1.165) is 44.6 Å². The number of aryl methyl sites for hydroxylation is 2. The van der Waals surface area contributed by atoms with Crippen LogP contribution in [0.2, 0.25) is 0 Å². The quantitative estimate of drug-likeness (QED) is 0.231. The molecule has 9 heteroatoms. The lowest BCUT2D eigenvalue weighted by molar-refractivity contribution is -0.274. The Labute approximate surface area is 192 Å². The lowest BCUT2D eigenvalue weighted by Gasteiger charge is -2.10. The molecule has 33 heavy (non-hydrogen) atoms. The third-order valence-electron chi connectivity index (χ3n) is 4.91. The molecule has 5 nitrogen and oxygen atoms in total. The van der Waals surface area contributed by atoms with Gasteiger partial charge in [-0.15, -0.1) is 41.0 Å². The van der Waals surface area contributed by atoms with Crippen LogP contribution < -0.4 is 10.1 Å². The van der Waals surface area contributed by atoms with E-state index in [0.29, 0.717) is 12.4 Å². The first kappa shape index (κ1) is 22.6. The zero-order valence-corrected chi connectivity index (χ0v) is 18.4. The second-order valence-electron chi connectivity index (χ2n) is 7.36. The van der Waals surface area contributed by atoms with Gasteiger partial charge in [-0.3, -0.25) is 0 Å². The van der Waals surface area contributed by atoms with Crippen molar-refractivity contribution in [1.29, 1.82) is 0 Å². The number of hydrogen-bond acceptors (Lipinski definition) is 5. The van der Waals surface area contributed by atoms with Gasteiger partial charge in [0.2, 0.25) is 0 Å². The third-order valence-corrected chi connectivity index (χ3v) is 5.86. The smallest absolute Gasteiger partial charge is 0.406 e. The number of anilines is 1. The fourth-order valence-electron chi connectivity index (χ4n) is 3.43. The Kier molecular flexibility index (Phi) is 6.47. The van der Waals surface area contributed by atoms with Crippen LogP contribution in [0.25, 0.3) is 26.2 Å². The van der Waals surface area contributed by atoms with Gasteiger partial charge in [-0.2, -0.15) is 0 Å². The molecule has 4 rings (SSSR count). The minimum absolute atomic E-state index is 0.139. The highest BCUT2D eigenvalue weighted by atomic mass is 32.1. The van der Waals surface area contributed by atoms with Crippen molar-refractivity contribution in [3.63, 3.8) is 0 Å². The molecule has 0 aliphatic heterocycles. The predicted molar refractivity (Wildman–Crippen MR) is 124 cm³/mol. The first-order valence-electron chi connectivity index (χ1n) is 10.2. The van der Waals surface area contributed by atoms with E-state index in [1.54, 1.807) is 23.5 Å². The van der Waals surface area contributed by atoms with Crippen molar-refractivity contribution < 1.29 is 17.9 Å². The highest BCUT2D eigenvalue weighted by molar-refractivity contribution is 7.18. The molecule has 0 aliphatic carbocycles. The summed E-state index contributed by atoms with van der Waals surface area (Å²) in [5.74, 6) is 0.585. The second kappa shape index (κ2) is 9.46. The summed E-state index contributed by atoms with van der Waals surface area (Å²) >= 11 is 1.54. The molecular formula is C24H19F3N4OS. The highest BCUT2D eigenvalue weighted by Gasteiger charge is 2.30. The van der Waals surface area contributed by atoms with Crippen molar-refractivity contribution in [2.45, 2.75) is 26.1 Å². The maximum atomic E-state index is 12.3. The van der Waals surface area contributed by atoms with E-state index in [1.807, 2.05) is 37.3 Å². The Morgan fingerprint density at radius 2 is 1.70 bits per heavy atom. The molecule has 0 atom stereocenters. The number of benzene rings is 2. The number of thiophene rings is 1. The molecule has 2 aromatic heterocycles. The topological polar surface area (TPSA) is 51.4 Å². The van der Waals surface area contributed by atoms with E-state index in [4.69, 9.17) is 6.57 Å². The number of aromatic nitrogens is 2. The van der Waals surface area contributed by atoms with Crippen LogP contribution in [-0.2, 0) is 6.42 Å². The molecule has 0 radical (unpaired) electrons. The zero-order valence-electron chi connectivity index (χ0n) is 17.6. The molecule has 0 aliphatic rings. The Morgan fingerprint density at radius 3 is 2.33 bits per heavy atom. The summed E-state index contributed by atoms with van der Waals surface area (Å²) in [5, 5.41) is 4.26. The van der Waals surface area contributed by atoms with Gasteiger partial charge in [-0.1, -0.05) is 36.4 Å². The number of ether oxygens (including phenoxy) is 1. The highest BCUT2D eigenvalue weighted by Crippen LogP contribution is 2.30. The maximum Gasteiger partial charge on any atom is 0.573 e. The van der Waals surface area contributed by atoms with E-state index >= 15 is 0 Å². The Hall–Kier alpha value is -3.64. The number of rotatable bonds is 7. The van der Waals surface area contributed by atoms with Crippen molar-refractivity contribution in [3.8, 4) is 16.9 Å². The average Bonchev–Trinajstić information content (AvgIpc) is 3.16. The number of nitrogens with one attached hydrogen (secondary N) is 1. The normalized spacial score (nSPS) is 11.4. The first-order valence-corrected chi connectivity index (χ1v) is 11.0. The van der Waals surface area contributed by atoms with Crippen LogP contribution >= 0.6 is 11.3 Å². The van der Waals surface area contributed by atoms with E-state index < -0.39 is 6.36 Å². The lowest BCUT2D eigenvalue weighted by Crippen LogP contribution is -2.16. The number of alkyl halides is 3. The van der Waals surface area contributed by atoms with Crippen molar-refractivity contribution in [3.05, 3.63) is 76.5 Å². The summed E-state index contributed by atoms with van der Waals surface area (Å²) in [4.78, 5) is 13.9. The van der Waals surface area contributed by atoms with Crippen LogP contribution in [0.4, 0.5) is 24.9 Å². The van der Waals surface area contributed by atoms with Gasteiger partial charge in [-0.05, 0) is 54.7 Å². The first-order chi connectivity index (χ1) is 15.8. The maximum absolute atomic E-state index is 12.3. The standard InChI is InChI=1S/C24H19F3N4OS/c1-15-14-20-21(30-23(28-2)31-22(20)33-15)29-13-3-4-16-5-7-17(8-6-16)18-9-11-19(12-10-18)32-24(25,26)27/h5-12,14H,3-4,13H2,1H3,(H,29,30,31). The van der Waals surface area contributed by atoms with Crippen LogP contribution in [-0.4, -0.2) is 22.9 Å². The summed E-state index contributed by atoms with van der Waals surface area (Å²) in [6.07, 6.45) is -2.98. The number of hydrogen-bond donors (Lipinski definition) is 1. The molecule has 2 aromatic carbocycles.